The molecule has 4 heteroatoms. The first-order valence-corrected chi connectivity index (χ1v) is 13.3. The molecule has 0 aliphatic heterocycles. The number of amides is 1. The second-order valence-electron chi connectivity index (χ2n) is 11.1. The summed E-state index contributed by atoms with van der Waals surface area (Å²) in [5.74, 6) is 1.25. The van der Waals surface area contributed by atoms with Gasteiger partial charge in [-0.2, -0.15) is 0 Å². The number of hydrogen-bond acceptors (Lipinski definition) is 3. The van der Waals surface area contributed by atoms with E-state index in [0.717, 1.165) is 37.7 Å². The van der Waals surface area contributed by atoms with Crippen LogP contribution in [0.25, 0.3) is 0 Å². The van der Waals surface area contributed by atoms with E-state index in [1.807, 2.05) is 17.0 Å². The van der Waals surface area contributed by atoms with Gasteiger partial charge in [0.2, 0.25) is 5.91 Å². The van der Waals surface area contributed by atoms with Crippen LogP contribution in [0.4, 0.5) is 0 Å². The van der Waals surface area contributed by atoms with Crippen molar-refractivity contribution < 1.29 is 15.0 Å². The predicted molar refractivity (Wildman–Crippen MR) is 139 cm³/mol. The summed E-state index contributed by atoms with van der Waals surface area (Å²) in [5, 5.41) is 21.1. The maximum atomic E-state index is 12.6. The fourth-order valence-electron chi connectivity index (χ4n) is 6.13. The maximum Gasteiger partial charge on any atom is 0.223 e. The van der Waals surface area contributed by atoms with Gasteiger partial charge >= 0.3 is 0 Å². The molecule has 0 radical (unpaired) electrons. The minimum absolute atomic E-state index is 0.109. The number of allylic oxidation sites excluding steroid dienone is 2. The van der Waals surface area contributed by atoms with Gasteiger partial charge in [-0.3, -0.25) is 4.79 Å². The van der Waals surface area contributed by atoms with Gasteiger partial charge in [-0.1, -0.05) is 53.6 Å². The van der Waals surface area contributed by atoms with Crippen LogP contribution in [0.1, 0.15) is 77.3 Å². The molecule has 188 valence electrons. The van der Waals surface area contributed by atoms with Gasteiger partial charge in [0, 0.05) is 30.8 Å². The molecule has 1 aromatic rings. The van der Waals surface area contributed by atoms with E-state index in [4.69, 9.17) is 0 Å². The zero-order valence-electron chi connectivity index (χ0n) is 21.8. The number of aliphatic hydroxyl groups is 2. The number of fused-ring (bicyclic) bond motifs is 1. The van der Waals surface area contributed by atoms with Gasteiger partial charge in [-0.25, -0.2) is 0 Å². The summed E-state index contributed by atoms with van der Waals surface area (Å²) in [4.78, 5) is 14.6. The first kappa shape index (κ1) is 26.7. The fourth-order valence-corrected chi connectivity index (χ4v) is 6.13. The molecule has 1 aromatic carbocycles. The molecule has 0 spiro atoms. The van der Waals surface area contributed by atoms with Gasteiger partial charge in [0.1, 0.15) is 0 Å². The van der Waals surface area contributed by atoms with Crippen LogP contribution in [0, 0.1) is 24.7 Å². The zero-order chi connectivity index (χ0) is 24.8. The number of nitrogens with zero attached hydrogens (tertiary/aromatic N) is 1. The molecule has 3 rings (SSSR count). The second-order valence-corrected chi connectivity index (χ2v) is 11.1. The van der Waals surface area contributed by atoms with Crippen LogP contribution in [-0.4, -0.2) is 45.3 Å². The quantitative estimate of drug-likeness (QED) is 0.329. The number of aliphatic hydroxyl groups excluding tert-OH is 2. The van der Waals surface area contributed by atoms with E-state index in [2.05, 4.69) is 65.0 Å². The first-order chi connectivity index (χ1) is 16.2. The molecule has 2 N–H and O–H groups in total. The summed E-state index contributed by atoms with van der Waals surface area (Å²) < 4.78 is 0. The number of hydrogen-bond donors (Lipinski definition) is 2. The van der Waals surface area contributed by atoms with E-state index in [0.29, 0.717) is 24.7 Å². The third-order valence-electron chi connectivity index (χ3n) is 7.57. The summed E-state index contributed by atoms with van der Waals surface area (Å²) in [6.07, 6.45) is 11.6. The SMILES string of the molecule is Cc1cccc(C[C@H](O)/C=C/[C@@H]2[C@H]3CC(CCCCC(=O)N(C(C)C)C(C)C)=C[C@H]3C[C@H]2O)c1. The summed E-state index contributed by atoms with van der Waals surface area (Å²) in [5.41, 5.74) is 3.82. The number of carbonyl (C=O) groups excluding carboxylic acids is 1. The molecule has 0 unspecified atom stereocenters. The predicted octanol–water partition coefficient (Wildman–Crippen LogP) is 5.60. The van der Waals surface area contributed by atoms with Crippen LogP contribution in [0.3, 0.4) is 0 Å². The van der Waals surface area contributed by atoms with Gasteiger partial charge in [0.15, 0.2) is 0 Å². The lowest BCUT2D eigenvalue weighted by atomic mass is 9.88. The largest absolute Gasteiger partial charge is 0.392 e. The number of rotatable bonds is 11. The van der Waals surface area contributed by atoms with E-state index in [1.54, 1.807) is 0 Å². The van der Waals surface area contributed by atoms with Crippen molar-refractivity contribution in [2.75, 3.05) is 0 Å². The number of carbonyl (C=O) groups is 1. The molecule has 5 atom stereocenters. The topological polar surface area (TPSA) is 60.8 Å². The molecule has 1 fully saturated rings. The zero-order valence-corrected chi connectivity index (χ0v) is 21.8. The van der Waals surface area contributed by atoms with Gasteiger partial charge in [0.25, 0.3) is 0 Å². The lowest BCUT2D eigenvalue weighted by molar-refractivity contribution is -0.134. The van der Waals surface area contributed by atoms with Crippen LogP contribution in [0.15, 0.2) is 48.1 Å². The molecule has 1 saturated carbocycles. The fraction of sp³-hybridized carbons (Fsp3) is 0.633. The highest BCUT2D eigenvalue weighted by molar-refractivity contribution is 5.76. The van der Waals surface area contributed by atoms with Crippen LogP contribution in [0.5, 0.6) is 0 Å². The summed E-state index contributed by atoms with van der Waals surface area (Å²) in [7, 11) is 0. The normalized spacial score (nSPS) is 25.3. The van der Waals surface area contributed by atoms with Gasteiger partial charge < -0.3 is 15.1 Å². The Morgan fingerprint density at radius 1 is 1.18 bits per heavy atom. The van der Waals surface area contributed by atoms with Crippen LogP contribution in [0.2, 0.25) is 0 Å². The van der Waals surface area contributed by atoms with Crippen molar-refractivity contribution in [1.82, 2.24) is 4.90 Å². The Morgan fingerprint density at radius 3 is 2.59 bits per heavy atom. The Balaban J connectivity index is 1.45. The van der Waals surface area contributed by atoms with Crippen LogP contribution in [-0.2, 0) is 11.2 Å². The molecule has 34 heavy (non-hydrogen) atoms. The Labute approximate surface area is 206 Å². The van der Waals surface area contributed by atoms with E-state index < -0.39 is 6.10 Å². The second kappa shape index (κ2) is 12.2. The van der Waals surface area contributed by atoms with Crippen LogP contribution < -0.4 is 0 Å². The van der Waals surface area contributed by atoms with Crippen molar-refractivity contribution in [3.63, 3.8) is 0 Å². The molecular formula is C30H45NO3. The van der Waals surface area contributed by atoms with Gasteiger partial charge in [0.05, 0.1) is 12.2 Å². The Bertz CT molecular complexity index is 864. The Morgan fingerprint density at radius 2 is 1.91 bits per heavy atom. The lowest BCUT2D eigenvalue weighted by Gasteiger charge is -2.30. The van der Waals surface area contributed by atoms with E-state index in [1.165, 1.54) is 11.1 Å². The molecule has 0 aromatic heterocycles. The van der Waals surface area contributed by atoms with Crippen molar-refractivity contribution in [2.24, 2.45) is 17.8 Å². The minimum atomic E-state index is -0.532. The smallest absolute Gasteiger partial charge is 0.223 e. The highest BCUT2D eigenvalue weighted by Crippen LogP contribution is 2.48. The van der Waals surface area contributed by atoms with Gasteiger partial charge in [-0.05, 0) is 84.1 Å². The monoisotopic (exact) mass is 467 g/mol. The molecule has 2 aliphatic carbocycles. The molecule has 0 bridgehead atoms. The lowest BCUT2D eigenvalue weighted by Crippen LogP contribution is -2.41. The molecule has 0 saturated heterocycles. The number of unbranched alkanes of at least 4 members (excludes halogenated alkanes) is 1. The highest BCUT2D eigenvalue weighted by Gasteiger charge is 2.43. The first-order valence-electron chi connectivity index (χ1n) is 13.3. The van der Waals surface area contributed by atoms with E-state index >= 15 is 0 Å². The van der Waals surface area contributed by atoms with E-state index in [-0.39, 0.29) is 30.0 Å². The molecule has 1 amide bonds. The third-order valence-corrected chi connectivity index (χ3v) is 7.57. The number of benzene rings is 1. The maximum absolute atomic E-state index is 12.6. The average molecular weight is 468 g/mol. The average Bonchev–Trinajstić information content (AvgIpc) is 3.25. The molecular weight excluding hydrogens is 422 g/mol. The summed E-state index contributed by atoms with van der Waals surface area (Å²) in [6.45, 7) is 10.4. The highest BCUT2D eigenvalue weighted by atomic mass is 16.3. The van der Waals surface area contributed by atoms with Crippen molar-refractivity contribution in [2.45, 2.75) is 104 Å². The third kappa shape index (κ3) is 7.05. The Hall–Kier alpha value is -1.91. The number of aryl methyl sites for hydroxylation is 1. The summed E-state index contributed by atoms with van der Waals surface area (Å²) in [6, 6.07) is 8.75. The van der Waals surface area contributed by atoms with Gasteiger partial charge in [-0.15, -0.1) is 0 Å². The minimum Gasteiger partial charge on any atom is -0.392 e. The van der Waals surface area contributed by atoms with Crippen LogP contribution >= 0.6 is 0 Å². The summed E-state index contributed by atoms with van der Waals surface area (Å²) >= 11 is 0. The van der Waals surface area contributed by atoms with Crippen molar-refractivity contribution >= 4 is 5.91 Å². The standard InChI is InChI=1S/C30H45NO3/c1-20(2)31(21(3)4)30(34)12-7-6-10-24-16-25-19-29(33)27(28(25)18-24)14-13-26(32)17-23-11-8-9-22(5)15-23/h8-9,11,13-16,20-21,25-29,32-33H,6-7,10,12,17-19H2,1-5H3/b14-13+/t25-,26+,27+,28-,29+/m0/s1. The Kier molecular flexibility index (Phi) is 9.56. The van der Waals surface area contributed by atoms with Crippen molar-refractivity contribution in [3.8, 4) is 0 Å². The molecule has 4 nitrogen and oxygen atoms in total. The van der Waals surface area contributed by atoms with Crippen molar-refractivity contribution in [3.05, 3.63) is 59.2 Å². The van der Waals surface area contributed by atoms with E-state index in [9.17, 15) is 15.0 Å². The molecule has 0 heterocycles. The molecule has 2 aliphatic rings. The van der Waals surface area contributed by atoms with Crippen molar-refractivity contribution in [1.29, 1.82) is 0 Å².